The van der Waals surface area contributed by atoms with E-state index in [2.05, 4.69) is 39.8 Å². The third-order valence-corrected chi connectivity index (χ3v) is 3.83. The second-order valence-corrected chi connectivity index (χ2v) is 5.61. The van der Waals surface area contributed by atoms with Gasteiger partial charge in [0.15, 0.2) is 0 Å². The molecule has 0 aromatic heterocycles. The van der Waals surface area contributed by atoms with Crippen LogP contribution < -0.4 is 0 Å². The Kier molecular flexibility index (Phi) is 4.12. The molecular weight excluding hydrogens is 196 g/mol. The molecule has 1 rings (SSSR count). The van der Waals surface area contributed by atoms with Crippen LogP contribution in [0.3, 0.4) is 0 Å². The van der Waals surface area contributed by atoms with E-state index in [9.17, 15) is 4.79 Å². The van der Waals surface area contributed by atoms with E-state index in [0.29, 0.717) is 11.7 Å². The van der Waals surface area contributed by atoms with Crippen molar-refractivity contribution in [3.05, 3.63) is 23.3 Å². The first-order chi connectivity index (χ1) is 7.37. The number of Topliss-reactive ketones (excluding diaryl/α,β-unsaturated/α-hetero) is 1. The van der Waals surface area contributed by atoms with Gasteiger partial charge in [-0.2, -0.15) is 0 Å². The number of allylic oxidation sites excluding steroid dienone is 4. The van der Waals surface area contributed by atoms with Gasteiger partial charge in [0.05, 0.1) is 0 Å². The quantitative estimate of drug-likeness (QED) is 0.648. The van der Waals surface area contributed by atoms with Gasteiger partial charge in [-0.05, 0) is 52.9 Å². The molecule has 16 heavy (non-hydrogen) atoms. The maximum absolute atomic E-state index is 11.7. The highest BCUT2D eigenvalue weighted by atomic mass is 16.1. The standard InChI is InChI=1S/C15H24O/c1-6-11(2)7-14-8-12(3)9-15(5,10-14)13(4)16/h6,8,14H,7,9-10H2,1-5H3/b11-6+. The van der Waals surface area contributed by atoms with Crippen molar-refractivity contribution >= 4 is 5.78 Å². The van der Waals surface area contributed by atoms with Crippen LogP contribution in [-0.2, 0) is 4.79 Å². The Labute approximate surface area is 99.6 Å². The van der Waals surface area contributed by atoms with Crippen LogP contribution in [0.15, 0.2) is 23.3 Å². The van der Waals surface area contributed by atoms with E-state index < -0.39 is 0 Å². The SMILES string of the molecule is C/C=C(\C)CC1C=C(C)CC(C)(C(C)=O)C1. The van der Waals surface area contributed by atoms with Gasteiger partial charge in [0.2, 0.25) is 0 Å². The summed E-state index contributed by atoms with van der Waals surface area (Å²) in [5.41, 5.74) is 2.66. The maximum Gasteiger partial charge on any atom is 0.136 e. The van der Waals surface area contributed by atoms with Gasteiger partial charge >= 0.3 is 0 Å². The highest BCUT2D eigenvalue weighted by Crippen LogP contribution is 2.41. The Morgan fingerprint density at radius 2 is 2.19 bits per heavy atom. The molecule has 90 valence electrons. The van der Waals surface area contributed by atoms with E-state index in [1.165, 1.54) is 11.1 Å². The largest absolute Gasteiger partial charge is 0.299 e. The van der Waals surface area contributed by atoms with Crippen molar-refractivity contribution in [3.63, 3.8) is 0 Å². The molecule has 1 aliphatic rings. The fraction of sp³-hybridized carbons (Fsp3) is 0.667. The summed E-state index contributed by atoms with van der Waals surface area (Å²) in [6, 6.07) is 0. The number of ketones is 1. The highest BCUT2D eigenvalue weighted by Gasteiger charge is 2.35. The molecular formula is C15H24O. The van der Waals surface area contributed by atoms with Crippen molar-refractivity contribution in [2.45, 2.75) is 53.9 Å². The minimum Gasteiger partial charge on any atom is -0.299 e. The predicted molar refractivity (Wildman–Crippen MR) is 69.3 cm³/mol. The zero-order chi connectivity index (χ0) is 12.3. The van der Waals surface area contributed by atoms with Crippen LogP contribution in [0.1, 0.15) is 53.9 Å². The number of hydrogen-bond donors (Lipinski definition) is 0. The average molecular weight is 220 g/mol. The first-order valence-corrected chi connectivity index (χ1v) is 6.17. The molecule has 0 radical (unpaired) electrons. The summed E-state index contributed by atoms with van der Waals surface area (Å²) < 4.78 is 0. The molecule has 1 heteroatoms. The second kappa shape index (κ2) is 4.99. The molecule has 1 aliphatic carbocycles. The fourth-order valence-corrected chi connectivity index (χ4v) is 2.72. The Morgan fingerprint density at radius 1 is 1.56 bits per heavy atom. The maximum atomic E-state index is 11.7. The van der Waals surface area contributed by atoms with Crippen LogP contribution in [0.2, 0.25) is 0 Å². The molecule has 0 saturated carbocycles. The van der Waals surface area contributed by atoms with Crippen LogP contribution in [0.25, 0.3) is 0 Å². The van der Waals surface area contributed by atoms with E-state index in [0.717, 1.165) is 19.3 Å². The molecule has 0 heterocycles. The lowest BCUT2D eigenvalue weighted by atomic mass is 9.68. The van der Waals surface area contributed by atoms with Crippen molar-refractivity contribution in [1.82, 2.24) is 0 Å². The Hall–Kier alpha value is -0.850. The van der Waals surface area contributed by atoms with Crippen molar-refractivity contribution in [3.8, 4) is 0 Å². The normalized spacial score (nSPS) is 31.2. The molecule has 0 spiro atoms. The van der Waals surface area contributed by atoms with E-state index in [-0.39, 0.29) is 5.41 Å². The topological polar surface area (TPSA) is 17.1 Å². The summed E-state index contributed by atoms with van der Waals surface area (Å²) in [5, 5.41) is 0. The van der Waals surface area contributed by atoms with Crippen LogP contribution in [0.4, 0.5) is 0 Å². The Bertz CT molecular complexity index is 335. The summed E-state index contributed by atoms with van der Waals surface area (Å²) in [6.07, 6.45) is 7.57. The molecule has 0 N–H and O–H groups in total. The Morgan fingerprint density at radius 3 is 2.69 bits per heavy atom. The van der Waals surface area contributed by atoms with E-state index in [4.69, 9.17) is 0 Å². The molecule has 0 aromatic rings. The van der Waals surface area contributed by atoms with Crippen molar-refractivity contribution in [1.29, 1.82) is 0 Å². The molecule has 0 aromatic carbocycles. The zero-order valence-electron chi connectivity index (χ0n) is 11.3. The second-order valence-electron chi connectivity index (χ2n) is 5.61. The summed E-state index contributed by atoms with van der Waals surface area (Å²) in [4.78, 5) is 11.7. The smallest absolute Gasteiger partial charge is 0.136 e. The summed E-state index contributed by atoms with van der Waals surface area (Å²) in [5.74, 6) is 0.877. The number of rotatable bonds is 3. The van der Waals surface area contributed by atoms with Crippen molar-refractivity contribution < 1.29 is 4.79 Å². The number of carbonyl (C=O) groups excluding carboxylic acids is 1. The minimum absolute atomic E-state index is 0.127. The molecule has 0 amide bonds. The lowest BCUT2D eigenvalue weighted by Crippen LogP contribution is -2.31. The summed E-state index contributed by atoms with van der Waals surface area (Å²) >= 11 is 0. The lowest BCUT2D eigenvalue weighted by Gasteiger charge is -2.35. The monoisotopic (exact) mass is 220 g/mol. The van der Waals surface area contributed by atoms with Gasteiger partial charge in [-0.3, -0.25) is 4.79 Å². The lowest BCUT2D eigenvalue weighted by molar-refractivity contribution is -0.126. The first kappa shape index (κ1) is 13.2. The van der Waals surface area contributed by atoms with Crippen molar-refractivity contribution in [2.75, 3.05) is 0 Å². The number of carbonyl (C=O) groups is 1. The van der Waals surface area contributed by atoms with E-state index >= 15 is 0 Å². The predicted octanol–water partition coefficient (Wildman–Crippen LogP) is 4.29. The first-order valence-electron chi connectivity index (χ1n) is 6.17. The van der Waals surface area contributed by atoms with Gasteiger partial charge in [-0.15, -0.1) is 0 Å². The molecule has 0 saturated heterocycles. The molecule has 2 unspecified atom stereocenters. The molecule has 1 nitrogen and oxygen atoms in total. The molecule has 2 atom stereocenters. The third-order valence-electron chi connectivity index (χ3n) is 3.83. The fourth-order valence-electron chi connectivity index (χ4n) is 2.72. The summed E-state index contributed by atoms with van der Waals surface area (Å²) in [6.45, 7) is 10.3. The average Bonchev–Trinajstić information content (AvgIpc) is 2.15. The molecule has 0 fully saturated rings. The number of hydrogen-bond acceptors (Lipinski definition) is 1. The molecule has 0 bridgehead atoms. The van der Waals surface area contributed by atoms with Gasteiger partial charge in [-0.1, -0.05) is 30.2 Å². The van der Waals surface area contributed by atoms with Crippen LogP contribution in [-0.4, -0.2) is 5.78 Å². The van der Waals surface area contributed by atoms with Crippen molar-refractivity contribution in [2.24, 2.45) is 11.3 Å². The zero-order valence-corrected chi connectivity index (χ0v) is 11.3. The Balaban J connectivity index is 2.82. The van der Waals surface area contributed by atoms with Crippen LogP contribution >= 0.6 is 0 Å². The van der Waals surface area contributed by atoms with Gasteiger partial charge in [0.25, 0.3) is 0 Å². The van der Waals surface area contributed by atoms with Crippen LogP contribution in [0, 0.1) is 11.3 Å². The summed E-state index contributed by atoms with van der Waals surface area (Å²) in [7, 11) is 0. The molecule has 0 aliphatic heterocycles. The third kappa shape index (κ3) is 3.07. The van der Waals surface area contributed by atoms with Gasteiger partial charge in [0.1, 0.15) is 5.78 Å². The van der Waals surface area contributed by atoms with E-state index in [1.54, 1.807) is 6.92 Å². The van der Waals surface area contributed by atoms with Gasteiger partial charge < -0.3 is 0 Å². The van der Waals surface area contributed by atoms with Gasteiger partial charge in [0, 0.05) is 5.41 Å². The highest BCUT2D eigenvalue weighted by molar-refractivity contribution is 5.82. The van der Waals surface area contributed by atoms with Crippen LogP contribution in [0.5, 0.6) is 0 Å². The van der Waals surface area contributed by atoms with E-state index in [1.807, 2.05) is 0 Å². The van der Waals surface area contributed by atoms with Gasteiger partial charge in [-0.25, -0.2) is 0 Å². The minimum atomic E-state index is -0.127.